The van der Waals surface area contributed by atoms with Gasteiger partial charge in [0, 0.05) is 4.75 Å². The lowest BCUT2D eigenvalue weighted by molar-refractivity contribution is 0.786. The number of hydrogen-bond acceptors (Lipinski definition) is 1. The van der Waals surface area contributed by atoms with Gasteiger partial charge in [0.05, 0.1) is 0 Å². The Balaban J connectivity index is 2.93. The number of hydrogen-bond donors (Lipinski definition) is 0. The quantitative estimate of drug-likeness (QED) is 0.647. The summed E-state index contributed by atoms with van der Waals surface area (Å²) in [6, 6.07) is 11.9. The van der Waals surface area contributed by atoms with E-state index in [-0.39, 0.29) is 4.75 Å². The molecule has 0 bridgehead atoms. The molecular formula is C10H12S. The third kappa shape index (κ3) is 1.91. The van der Waals surface area contributed by atoms with Gasteiger partial charge in [0.1, 0.15) is 0 Å². The largest absolute Gasteiger partial charge is 0.154 e. The average Bonchev–Trinajstić information content (AvgIpc) is 2.06. The molecule has 0 unspecified atom stereocenters. The van der Waals surface area contributed by atoms with Crippen molar-refractivity contribution < 1.29 is 0 Å². The molecule has 0 aromatic heterocycles. The summed E-state index contributed by atoms with van der Waals surface area (Å²) in [6.07, 6.45) is 2.12. The molecule has 0 heterocycles. The zero-order valence-electron chi connectivity index (χ0n) is 7.14. The topological polar surface area (TPSA) is 0 Å². The predicted molar refractivity (Wildman–Crippen MR) is 50.7 cm³/mol. The summed E-state index contributed by atoms with van der Waals surface area (Å²) in [5.74, 6) is 0. The minimum absolute atomic E-state index is 0.200. The Morgan fingerprint density at radius 3 is 2.55 bits per heavy atom. The van der Waals surface area contributed by atoms with E-state index < -0.39 is 0 Å². The van der Waals surface area contributed by atoms with Gasteiger partial charge in [-0.25, -0.2) is 0 Å². The normalized spacial score (nSPS) is 10.8. The van der Waals surface area contributed by atoms with E-state index in [9.17, 15) is 0 Å². The van der Waals surface area contributed by atoms with Gasteiger partial charge in [-0.15, -0.1) is 0 Å². The van der Waals surface area contributed by atoms with E-state index in [1.807, 2.05) is 23.9 Å². The Morgan fingerprint density at radius 1 is 1.36 bits per heavy atom. The fourth-order valence-corrected chi connectivity index (χ4v) is 1.20. The molecule has 0 nitrogen and oxygen atoms in total. The molecule has 0 saturated heterocycles. The molecule has 0 amide bonds. The predicted octanol–water partition coefficient (Wildman–Crippen LogP) is 2.89. The fraction of sp³-hybridized carbons (Fsp3) is 0.400. The molecule has 0 atom stereocenters. The van der Waals surface area contributed by atoms with E-state index in [0.717, 1.165) is 0 Å². The van der Waals surface area contributed by atoms with Crippen LogP contribution < -0.4 is 0 Å². The first-order chi connectivity index (χ1) is 5.17. The molecular weight excluding hydrogens is 152 g/mol. The molecule has 58 valence electrons. The summed E-state index contributed by atoms with van der Waals surface area (Å²) >= 11 is 1.85. The van der Waals surface area contributed by atoms with Crippen molar-refractivity contribution >= 4 is 11.8 Å². The van der Waals surface area contributed by atoms with E-state index in [0.29, 0.717) is 0 Å². The minimum atomic E-state index is 0.200. The Kier molecular flexibility index (Phi) is 2.46. The molecule has 0 spiro atoms. The van der Waals surface area contributed by atoms with Crippen LogP contribution in [0.5, 0.6) is 0 Å². The summed E-state index contributed by atoms with van der Waals surface area (Å²) in [5.41, 5.74) is 1.31. The molecule has 0 N–H and O–H groups in total. The molecule has 0 aliphatic rings. The third-order valence-corrected chi connectivity index (χ3v) is 3.12. The molecule has 0 aliphatic carbocycles. The lowest BCUT2D eigenvalue weighted by atomic mass is 10.0. The van der Waals surface area contributed by atoms with Crippen molar-refractivity contribution in [3.05, 3.63) is 35.9 Å². The van der Waals surface area contributed by atoms with Crippen LogP contribution in [0.25, 0.3) is 0 Å². The van der Waals surface area contributed by atoms with Gasteiger partial charge < -0.3 is 0 Å². The van der Waals surface area contributed by atoms with Gasteiger partial charge in [0.25, 0.3) is 0 Å². The van der Waals surface area contributed by atoms with Crippen LogP contribution in [0.3, 0.4) is 0 Å². The summed E-state index contributed by atoms with van der Waals surface area (Å²) < 4.78 is 0.200. The second-order valence-corrected chi connectivity index (χ2v) is 4.36. The molecule has 11 heavy (non-hydrogen) atoms. The second-order valence-electron chi connectivity index (χ2n) is 2.94. The third-order valence-electron chi connectivity index (χ3n) is 1.86. The molecule has 0 aliphatic heterocycles. The maximum atomic E-state index is 2.96. The lowest BCUT2D eigenvalue weighted by Crippen LogP contribution is -2.10. The van der Waals surface area contributed by atoms with Gasteiger partial charge in [-0.3, -0.25) is 0 Å². The average molecular weight is 164 g/mol. The molecule has 0 radical (unpaired) electrons. The first kappa shape index (κ1) is 8.49. The van der Waals surface area contributed by atoms with E-state index in [1.54, 1.807) is 0 Å². The Bertz CT molecular complexity index is 214. The summed E-state index contributed by atoms with van der Waals surface area (Å²) in [7, 11) is 0. The van der Waals surface area contributed by atoms with Crippen LogP contribution in [0, 0.1) is 12.1 Å². The van der Waals surface area contributed by atoms with Crippen molar-refractivity contribution in [2.24, 2.45) is 0 Å². The van der Waals surface area contributed by atoms with Crippen LogP contribution in [0.1, 0.15) is 19.4 Å². The van der Waals surface area contributed by atoms with Crippen LogP contribution in [0.2, 0.25) is 0 Å². The van der Waals surface area contributed by atoms with Gasteiger partial charge in [-0.1, -0.05) is 12.1 Å². The highest BCUT2D eigenvalue weighted by Gasteiger charge is 2.17. The summed E-state index contributed by atoms with van der Waals surface area (Å²) in [6.45, 7) is 4.42. The maximum Gasteiger partial charge on any atom is 0.0355 e. The zero-order valence-corrected chi connectivity index (χ0v) is 7.96. The molecule has 1 rings (SSSR count). The monoisotopic (exact) mass is 164 g/mol. The van der Waals surface area contributed by atoms with E-state index in [2.05, 4.69) is 38.3 Å². The number of rotatable bonds is 2. The minimum Gasteiger partial charge on any atom is -0.154 e. The highest BCUT2D eigenvalue weighted by molar-refractivity contribution is 7.99. The van der Waals surface area contributed by atoms with Crippen LogP contribution in [-0.4, -0.2) is 6.26 Å². The maximum absolute atomic E-state index is 2.96. The van der Waals surface area contributed by atoms with Gasteiger partial charge in [0.2, 0.25) is 0 Å². The van der Waals surface area contributed by atoms with Gasteiger partial charge in [-0.2, -0.15) is 11.8 Å². The fourth-order valence-electron chi connectivity index (χ4n) is 0.839. The molecule has 0 fully saturated rings. The molecule has 1 aromatic carbocycles. The molecule has 0 saturated carbocycles. The smallest absolute Gasteiger partial charge is 0.0355 e. The Morgan fingerprint density at radius 2 is 2.09 bits per heavy atom. The van der Waals surface area contributed by atoms with E-state index in [4.69, 9.17) is 0 Å². The lowest BCUT2D eigenvalue weighted by Gasteiger charge is -2.21. The van der Waals surface area contributed by atoms with Crippen molar-refractivity contribution in [2.75, 3.05) is 6.26 Å². The van der Waals surface area contributed by atoms with E-state index in [1.165, 1.54) is 5.56 Å². The van der Waals surface area contributed by atoms with Crippen LogP contribution >= 0.6 is 11.8 Å². The van der Waals surface area contributed by atoms with Crippen LogP contribution in [-0.2, 0) is 4.75 Å². The Labute approximate surface area is 73.0 Å². The first-order valence-electron chi connectivity index (χ1n) is 3.60. The van der Waals surface area contributed by atoms with E-state index >= 15 is 0 Å². The van der Waals surface area contributed by atoms with Crippen molar-refractivity contribution in [1.29, 1.82) is 0 Å². The highest BCUT2D eigenvalue weighted by atomic mass is 32.2. The zero-order chi connectivity index (χ0) is 8.32. The second kappa shape index (κ2) is 3.19. The molecule has 1 heteroatoms. The summed E-state index contributed by atoms with van der Waals surface area (Å²) in [4.78, 5) is 0. The number of thioether (sulfide) groups is 1. The van der Waals surface area contributed by atoms with Crippen molar-refractivity contribution in [2.45, 2.75) is 18.6 Å². The highest BCUT2D eigenvalue weighted by Crippen LogP contribution is 2.32. The Hall–Kier alpha value is -0.610. The van der Waals surface area contributed by atoms with Crippen LogP contribution in [0.4, 0.5) is 0 Å². The van der Waals surface area contributed by atoms with Crippen molar-refractivity contribution in [3.8, 4) is 0 Å². The first-order valence-corrected chi connectivity index (χ1v) is 4.83. The van der Waals surface area contributed by atoms with Crippen LogP contribution in [0.15, 0.2) is 18.2 Å². The molecule has 1 aromatic rings. The van der Waals surface area contributed by atoms with Gasteiger partial charge >= 0.3 is 0 Å². The van der Waals surface area contributed by atoms with Gasteiger partial charge in [0.15, 0.2) is 0 Å². The SMILES string of the molecule is CSC(C)(C)c1cc#ccc1. The standard InChI is InChI=1S/C10H12S/c1-10(2,11-3)9-7-5-4-6-8-9/h5,7-8H,1-3H3. The van der Waals surface area contributed by atoms with Crippen molar-refractivity contribution in [1.82, 2.24) is 0 Å². The van der Waals surface area contributed by atoms with Gasteiger partial charge in [-0.05, 0) is 43.9 Å². The summed E-state index contributed by atoms with van der Waals surface area (Å²) in [5, 5.41) is 0. The van der Waals surface area contributed by atoms with Crippen molar-refractivity contribution in [3.63, 3.8) is 0 Å².